The van der Waals surface area contributed by atoms with Gasteiger partial charge in [-0.25, -0.2) is 0 Å². The van der Waals surface area contributed by atoms with Gasteiger partial charge in [0.05, 0.1) is 0 Å². The maximum atomic E-state index is 2.20. The van der Waals surface area contributed by atoms with Gasteiger partial charge in [-0.05, 0) is 26.6 Å². The summed E-state index contributed by atoms with van der Waals surface area (Å²) in [5.74, 6) is 0. The average Bonchev–Trinajstić information content (AvgIpc) is 2.15. The molecule has 0 fully saturated rings. The quantitative estimate of drug-likeness (QED) is 0.682. The van der Waals surface area contributed by atoms with Crippen LogP contribution in [-0.2, 0) is 0 Å². The number of hydrogen-bond donors (Lipinski definition) is 0. The predicted octanol–water partition coefficient (Wildman–Crippen LogP) is 2.65. The van der Waals surface area contributed by atoms with E-state index in [1.807, 2.05) is 6.07 Å². The second kappa shape index (κ2) is 4.83. The lowest BCUT2D eigenvalue weighted by Gasteiger charge is -2.14. The fourth-order valence-corrected chi connectivity index (χ4v) is 0.987. The van der Waals surface area contributed by atoms with Crippen molar-refractivity contribution < 1.29 is 0 Å². The first-order valence-corrected chi connectivity index (χ1v) is 4.60. The van der Waals surface area contributed by atoms with Gasteiger partial charge in [0.2, 0.25) is 0 Å². The molecule has 0 aliphatic carbocycles. The van der Waals surface area contributed by atoms with E-state index in [2.05, 4.69) is 62.3 Å². The van der Waals surface area contributed by atoms with Crippen molar-refractivity contribution in [3.63, 3.8) is 0 Å². The van der Waals surface area contributed by atoms with E-state index in [0.29, 0.717) is 6.04 Å². The molecular formula is C12H17N. The maximum absolute atomic E-state index is 2.20. The Balaban J connectivity index is 2.59. The van der Waals surface area contributed by atoms with Crippen LogP contribution in [0.2, 0.25) is 0 Å². The zero-order chi connectivity index (χ0) is 9.68. The van der Waals surface area contributed by atoms with Crippen LogP contribution in [-0.4, -0.2) is 25.0 Å². The van der Waals surface area contributed by atoms with Gasteiger partial charge in [-0.1, -0.05) is 42.5 Å². The Morgan fingerprint density at radius 3 is 2.31 bits per heavy atom. The van der Waals surface area contributed by atoms with Crippen LogP contribution < -0.4 is 0 Å². The third kappa shape index (κ3) is 3.43. The molecule has 0 heterocycles. The summed E-state index contributed by atoms with van der Waals surface area (Å²) >= 11 is 0. The SMILES string of the molecule is C[C@@H](/C=C/c1ccccc1)N(C)C. The number of hydrogen-bond acceptors (Lipinski definition) is 1. The van der Waals surface area contributed by atoms with Crippen LogP contribution in [0.25, 0.3) is 6.08 Å². The highest BCUT2D eigenvalue weighted by Gasteiger charge is 1.96. The van der Waals surface area contributed by atoms with Crippen molar-refractivity contribution in [2.24, 2.45) is 0 Å². The monoisotopic (exact) mass is 175 g/mol. The molecule has 1 nitrogen and oxygen atoms in total. The summed E-state index contributed by atoms with van der Waals surface area (Å²) in [5.41, 5.74) is 1.26. The topological polar surface area (TPSA) is 3.24 Å². The summed E-state index contributed by atoms with van der Waals surface area (Å²) in [5, 5.41) is 0. The molecule has 70 valence electrons. The van der Waals surface area contributed by atoms with Crippen molar-refractivity contribution in [3.8, 4) is 0 Å². The number of nitrogens with zero attached hydrogens (tertiary/aromatic N) is 1. The van der Waals surface area contributed by atoms with Crippen LogP contribution in [0.1, 0.15) is 12.5 Å². The first-order valence-electron chi connectivity index (χ1n) is 4.60. The van der Waals surface area contributed by atoms with Gasteiger partial charge in [-0.3, -0.25) is 0 Å². The Bertz CT molecular complexity index is 262. The van der Waals surface area contributed by atoms with Gasteiger partial charge in [-0.15, -0.1) is 0 Å². The van der Waals surface area contributed by atoms with Gasteiger partial charge in [0, 0.05) is 6.04 Å². The third-order valence-electron chi connectivity index (χ3n) is 2.18. The largest absolute Gasteiger partial charge is 0.303 e. The summed E-state index contributed by atoms with van der Waals surface area (Å²) in [4.78, 5) is 2.18. The molecular weight excluding hydrogens is 158 g/mol. The molecule has 0 aromatic heterocycles. The van der Waals surface area contributed by atoms with Gasteiger partial charge in [0.1, 0.15) is 0 Å². The van der Waals surface area contributed by atoms with Crippen LogP contribution >= 0.6 is 0 Å². The van der Waals surface area contributed by atoms with Crippen LogP contribution in [0.3, 0.4) is 0 Å². The zero-order valence-electron chi connectivity index (χ0n) is 8.57. The summed E-state index contributed by atoms with van der Waals surface area (Å²) < 4.78 is 0. The molecule has 0 bridgehead atoms. The molecule has 1 aromatic carbocycles. The molecule has 1 atom stereocenters. The molecule has 0 spiro atoms. The lowest BCUT2D eigenvalue weighted by molar-refractivity contribution is 0.365. The van der Waals surface area contributed by atoms with Crippen molar-refractivity contribution >= 4 is 6.08 Å². The van der Waals surface area contributed by atoms with Gasteiger partial charge in [0.25, 0.3) is 0 Å². The Morgan fingerprint density at radius 2 is 1.77 bits per heavy atom. The highest BCUT2D eigenvalue weighted by atomic mass is 15.1. The molecule has 13 heavy (non-hydrogen) atoms. The molecule has 0 saturated heterocycles. The minimum atomic E-state index is 0.486. The van der Waals surface area contributed by atoms with Crippen molar-refractivity contribution in [1.29, 1.82) is 0 Å². The van der Waals surface area contributed by atoms with Crippen LogP contribution in [0.4, 0.5) is 0 Å². The highest BCUT2D eigenvalue weighted by Crippen LogP contribution is 2.03. The molecule has 0 N–H and O–H groups in total. The molecule has 0 saturated carbocycles. The predicted molar refractivity (Wildman–Crippen MR) is 58.6 cm³/mol. The van der Waals surface area contributed by atoms with E-state index in [0.717, 1.165) is 0 Å². The van der Waals surface area contributed by atoms with Gasteiger partial charge in [0.15, 0.2) is 0 Å². The van der Waals surface area contributed by atoms with Crippen LogP contribution in [0, 0.1) is 0 Å². The van der Waals surface area contributed by atoms with E-state index in [9.17, 15) is 0 Å². The third-order valence-corrected chi connectivity index (χ3v) is 2.18. The minimum Gasteiger partial charge on any atom is -0.303 e. The molecule has 0 radical (unpaired) electrons. The van der Waals surface area contributed by atoms with Crippen LogP contribution in [0.15, 0.2) is 36.4 Å². The second-order valence-electron chi connectivity index (χ2n) is 3.47. The molecule has 1 heteroatoms. The number of benzene rings is 1. The standard InChI is InChI=1S/C12H17N/c1-11(13(2)3)9-10-12-7-5-4-6-8-12/h4-11H,1-3H3/b10-9+/t11-/m0/s1. The molecule has 1 rings (SSSR count). The Morgan fingerprint density at radius 1 is 1.15 bits per heavy atom. The Hall–Kier alpha value is -1.08. The van der Waals surface area contributed by atoms with Gasteiger partial charge < -0.3 is 4.90 Å². The smallest absolute Gasteiger partial charge is 0.0247 e. The van der Waals surface area contributed by atoms with E-state index >= 15 is 0 Å². The summed E-state index contributed by atoms with van der Waals surface area (Å²) in [6.07, 6.45) is 4.36. The molecule has 0 amide bonds. The normalized spacial score (nSPS) is 13.8. The zero-order valence-corrected chi connectivity index (χ0v) is 8.57. The van der Waals surface area contributed by atoms with Crippen LogP contribution in [0.5, 0.6) is 0 Å². The second-order valence-corrected chi connectivity index (χ2v) is 3.47. The fourth-order valence-electron chi connectivity index (χ4n) is 0.987. The van der Waals surface area contributed by atoms with Gasteiger partial charge in [-0.2, -0.15) is 0 Å². The van der Waals surface area contributed by atoms with E-state index in [1.54, 1.807) is 0 Å². The first kappa shape index (κ1) is 10.0. The maximum Gasteiger partial charge on any atom is 0.0247 e. The minimum absolute atomic E-state index is 0.486. The van der Waals surface area contributed by atoms with E-state index in [1.165, 1.54) is 5.56 Å². The van der Waals surface area contributed by atoms with Crippen molar-refractivity contribution in [3.05, 3.63) is 42.0 Å². The molecule has 0 aliphatic heterocycles. The lowest BCUT2D eigenvalue weighted by Crippen LogP contribution is -2.21. The Labute approximate surface area is 80.7 Å². The summed E-state index contributed by atoms with van der Waals surface area (Å²) in [7, 11) is 4.17. The van der Waals surface area contributed by atoms with Crippen molar-refractivity contribution in [1.82, 2.24) is 4.90 Å². The number of rotatable bonds is 3. The van der Waals surface area contributed by atoms with E-state index in [4.69, 9.17) is 0 Å². The lowest BCUT2D eigenvalue weighted by atomic mass is 10.2. The van der Waals surface area contributed by atoms with Gasteiger partial charge >= 0.3 is 0 Å². The van der Waals surface area contributed by atoms with E-state index in [-0.39, 0.29) is 0 Å². The van der Waals surface area contributed by atoms with Crippen molar-refractivity contribution in [2.45, 2.75) is 13.0 Å². The summed E-state index contributed by atoms with van der Waals surface area (Å²) in [6, 6.07) is 10.9. The highest BCUT2D eigenvalue weighted by molar-refractivity contribution is 5.49. The summed E-state index contributed by atoms with van der Waals surface area (Å²) in [6.45, 7) is 2.18. The Kier molecular flexibility index (Phi) is 3.71. The molecule has 0 unspecified atom stereocenters. The molecule has 1 aromatic rings. The molecule has 0 aliphatic rings. The first-order chi connectivity index (χ1) is 6.20. The van der Waals surface area contributed by atoms with E-state index < -0.39 is 0 Å². The fraction of sp³-hybridized carbons (Fsp3) is 0.333. The average molecular weight is 175 g/mol. The van der Waals surface area contributed by atoms with Crippen molar-refractivity contribution in [2.75, 3.05) is 14.1 Å². The number of likely N-dealkylation sites (N-methyl/N-ethyl adjacent to an activating group) is 1.